The summed E-state index contributed by atoms with van der Waals surface area (Å²) in [5.74, 6) is 0.204. The second-order valence-corrected chi connectivity index (χ2v) is 6.78. The molecular weight excluding hydrogens is 200 g/mol. The van der Waals surface area contributed by atoms with Gasteiger partial charge in [-0.25, -0.2) is 8.42 Å². The maximum atomic E-state index is 10.9. The summed E-state index contributed by atoms with van der Waals surface area (Å²) in [6.07, 6.45) is 7.53. The van der Waals surface area contributed by atoms with Gasteiger partial charge in [0.2, 0.25) is 0 Å². The summed E-state index contributed by atoms with van der Waals surface area (Å²) in [6.45, 7) is 0. The van der Waals surface area contributed by atoms with Gasteiger partial charge in [0.15, 0.2) is 0 Å². The predicted octanol–water partition coefficient (Wildman–Crippen LogP) is 1.51. The second-order valence-electron chi connectivity index (χ2n) is 4.52. The van der Waals surface area contributed by atoms with Crippen LogP contribution in [-0.2, 0) is 9.84 Å². The highest BCUT2D eigenvalue weighted by Crippen LogP contribution is 2.31. The molecule has 0 amide bonds. The molecule has 1 aliphatic carbocycles. The highest BCUT2D eigenvalue weighted by molar-refractivity contribution is 7.90. The molecule has 1 saturated carbocycles. The van der Waals surface area contributed by atoms with Crippen molar-refractivity contribution in [2.45, 2.75) is 50.5 Å². The summed E-state index contributed by atoms with van der Waals surface area (Å²) < 4.78 is 21.8. The zero-order chi connectivity index (χ0) is 10.7. The Balaban J connectivity index is 2.29. The number of hydrogen-bond donors (Lipinski definition) is 1. The van der Waals surface area contributed by atoms with Crippen LogP contribution < -0.4 is 0 Å². The van der Waals surface area contributed by atoms with E-state index in [1.54, 1.807) is 0 Å². The summed E-state index contributed by atoms with van der Waals surface area (Å²) >= 11 is 0. The Bertz CT molecular complexity index is 263. The van der Waals surface area contributed by atoms with E-state index < -0.39 is 15.4 Å². The van der Waals surface area contributed by atoms with Crippen molar-refractivity contribution in [3.8, 4) is 0 Å². The van der Waals surface area contributed by atoms with Gasteiger partial charge in [-0.1, -0.05) is 19.3 Å². The lowest BCUT2D eigenvalue weighted by Gasteiger charge is -2.31. The standard InChI is InChI=1S/C10H20O3S/c1-14(12,13)9-5-8-10(11)6-3-2-4-7-10/h11H,2-9H2,1H3. The molecule has 0 aromatic heterocycles. The molecule has 1 aliphatic rings. The van der Waals surface area contributed by atoms with Gasteiger partial charge in [0, 0.05) is 12.0 Å². The van der Waals surface area contributed by atoms with E-state index in [9.17, 15) is 13.5 Å². The third-order valence-electron chi connectivity index (χ3n) is 2.94. The van der Waals surface area contributed by atoms with Crippen molar-refractivity contribution in [3.05, 3.63) is 0 Å². The van der Waals surface area contributed by atoms with Gasteiger partial charge >= 0.3 is 0 Å². The normalized spacial score (nSPS) is 22.1. The fraction of sp³-hybridized carbons (Fsp3) is 1.00. The van der Waals surface area contributed by atoms with Crippen LogP contribution in [-0.4, -0.2) is 31.1 Å². The molecule has 84 valence electrons. The van der Waals surface area contributed by atoms with Crippen LogP contribution in [0.15, 0.2) is 0 Å². The first-order valence-corrected chi connectivity index (χ1v) is 7.38. The van der Waals surface area contributed by atoms with Crippen molar-refractivity contribution in [2.75, 3.05) is 12.0 Å². The molecule has 1 rings (SSSR count). The molecule has 0 unspecified atom stereocenters. The molecular formula is C10H20O3S. The smallest absolute Gasteiger partial charge is 0.147 e. The highest BCUT2D eigenvalue weighted by Gasteiger charge is 2.28. The molecule has 1 fully saturated rings. The van der Waals surface area contributed by atoms with Gasteiger partial charge in [-0.3, -0.25) is 0 Å². The maximum Gasteiger partial charge on any atom is 0.147 e. The monoisotopic (exact) mass is 220 g/mol. The molecule has 0 radical (unpaired) electrons. The van der Waals surface area contributed by atoms with E-state index >= 15 is 0 Å². The third kappa shape index (κ3) is 4.42. The van der Waals surface area contributed by atoms with Crippen molar-refractivity contribution in [1.82, 2.24) is 0 Å². The molecule has 0 atom stereocenters. The number of aliphatic hydroxyl groups is 1. The number of sulfone groups is 1. The minimum atomic E-state index is -2.86. The first-order chi connectivity index (χ1) is 6.41. The minimum absolute atomic E-state index is 0.204. The average Bonchev–Trinajstić information content (AvgIpc) is 2.02. The summed E-state index contributed by atoms with van der Waals surface area (Å²) in [5.41, 5.74) is -0.567. The molecule has 14 heavy (non-hydrogen) atoms. The molecule has 0 bridgehead atoms. The lowest BCUT2D eigenvalue weighted by molar-refractivity contribution is -0.00408. The van der Waals surface area contributed by atoms with Crippen LogP contribution in [0.25, 0.3) is 0 Å². The Morgan fingerprint density at radius 1 is 1.21 bits per heavy atom. The van der Waals surface area contributed by atoms with E-state index in [-0.39, 0.29) is 5.75 Å². The van der Waals surface area contributed by atoms with Crippen LogP contribution >= 0.6 is 0 Å². The third-order valence-corrected chi connectivity index (χ3v) is 3.97. The van der Waals surface area contributed by atoms with Gasteiger partial charge in [0.25, 0.3) is 0 Å². The Morgan fingerprint density at radius 3 is 2.29 bits per heavy atom. The van der Waals surface area contributed by atoms with Crippen LogP contribution in [0.1, 0.15) is 44.9 Å². The van der Waals surface area contributed by atoms with Gasteiger partial charge in [-0.2, -0.15) is 0 Å². The highest BCUT2D eigenvalue weighted by atomic mass is 32.2. The molecule has 0 aromatic rings. The summed E-state index contributed by atoms with van der Waals surface area (Å²) in [4.78, 5) is 0. The SMILES string of the molecule is CS(=O)(=O)CCCC1(O)CCCCC1. The predicted molar refractivity (Wildman–Crippen MR) is 57.0 cm³/mol. The largest absolute Gasteiger partial charge is 0.390 e. The topological polar surface area (TPSA) is 54.4 Å². The van der Waals surface area contributed by atoms with Gasteiger partial charge in [-0.05, 0) is 25.7 Å². The molecule has 0 aromatic carbocycles. The van der Waals surface area contributed by atoms with Crippen molar-refractivity contribution in [1.29, 1.82) is 0 Å². The lowest BCUT2D eigenvalue weighted by atomic mass is 9.82. The molecule has 0 aliphatic heterocycles. The van der Waals surface area contributed by atoms with Gasteiger partial charge in [-0.15, -0.1) is 0 Å². The quantitative estimate of drug-likeness (QED) is 0.781. The first kappa shape index (κ1) is 12.0. The van der Waals surface area contributed by atoms with Crippen LogP contribution in [0.3, 0.4) is 0 Å². The molecule has 0 spiro atoms. The first-order valence-electron chi connectivity index (χ1n) is 5.31. The fourth-order valence-corrected chi connectivity index (χ4v) is 2.79. The molecule has 0 saturated heterocycles. The Labute approximate surface area is 86.4 Å². The summed E-state index contributed by atoms with van der Waals surface area (Å²) in [5, 5.41) is 10.1. The summed E-state index contributed by atoms with van der Waals surface area (Å²) in [7, 11) is -2.86. The van der Waals surface area contributed by atoms with E-state index in [0.717, 1.165) is 25.7 Å². The molecule has 1 N–H and O–H groups in total. The van der Waals surface area contributed by atoms with Crippen LogP contribution in [0.2, 0.25) is 0 Å². The van der Waals surface area contributed by atoms with Crippen molar-refractivity contribution in [2.24, 2.45) is 0 Å². The van der Waals surface area contributed by atoms with Crippen LogP contribution in [0, 0.1) is 0 Å². The Kier molecular flexibility index (Phi) is 3.95. The minimum Gasteiger partial charge on any atom is -0.390 e. The number of rotatable bonds is 4. The van der Waals surface area contributed by atoms with Crippen molar-refractivity contribution >= 4 is 9.84 Å². The fourth-order valence-electron chi connectivity index (χ4n) is 2.12. The van der Waals surface area contributed by atoms with E-state index in [2.05, 4.69) is 0 Å². The molecule has 3 nitrogen and oxygen atoms in total. The van der Waals surface area contributed by atoms with E-state index in [0.29, 0.717) is 12.8 Å². The number of hydrogen-bond acceptors (Lipinski definition) is 3. The van der Waals surface area contributed by atoms with Gasteiger partial charge in [0.1, 0.15) is 9.84 Å². The average molecular weight is 220 g/mol. The maximum absolute atomic E-state index is 10.9. The summed E-state index contributed by atoms with van der Waals surface area (Å²) in [6, 6.07) is 0. The van der Waals surface area contributed by atoms with Crippen molar-refractivity contribution in [3.63, 3.8) is 0 Å². The van der Waals surface area contributed by atoms with E-state index in [1.807, 2.05) is 0 Å². The van der Waals surface area contributed by atoms with Gasteiger partial charge in [0.05, 0.1) is 5.60 Å². The zero-order valence-electron chi connectivity index (χ0n) is 8.83. The lowest BCUT2D eigenvalue weighted by Crippen LogP contribution is -2.31. The van der Waals surface area contributed by atoms with Gasteiger partial charge < -0.3 is 5.11 Å². The van der Waals surface area contributed by atoms with Crippen LogP contribution in [0.5, 0.6) is 0 Å². The zero-order valence-corrected chi connectivity index (χ0v) is 9.65. The van der Waals surface area contributed by atoms with Crippen molar-refractivity contribution < 1.29 is 13.5 Å². The Hall–Kier alpha value is -0.0900. The van der Waals surface area contributed by atoms with E-state index in [4.69, 9.17) is 0 Å². The Morgan fingerprint density at radius 2 is 1.79 bits per heavy atom. The molecule has 0 heterocycles. The van der Waals surface area contributed by atoms with Crippen LogP contribution in [0.4, 0.5) is 0 Å². The van der Waals surface area contributed by atoms with E-state index in [1.165, 1.54) is 12.7 Å². The molecule has 4 heteroatoms. The second kappa shape index (κ2) is 4.62.